The monoisotopic (exact) mass is 280 g/mol. The summed E-state index contributed by atoms with van der Waals surface area (Å²) in [7, 11) is 0. The summed E-state index contributed by atoms with van der Waals surface area (Å²) in [4.78, 5) is 34.6. The molecule has 0 aromatic rings. The molecule has 112 valence electrons. The van der Waals surface area contributed by atoms with Crippen molar-refractivity contribution in [1.29, 1.82) is 0 Å². The highest BCUT2D eigenvalue weighted by Crippen LogP contribution is 2.32. The molecule has 20 heavy (non-hydrogen) atoms. The molecular formula is C16H24O4. The third-order valence-corrected chi connectivity index (χ3v) is 5.13. The summed E-state index contributed by atoms with van der Waals surface area (Å²) in [5, 5.41) is 0. The molecule has 0 bridgehead atoms. The predicted octanol–water partition coefficient (Wildman–Crippen LogP) is 2.54. The van der Waals surface area contributed by atoms with E-state index in [1.165, 1.54) is 0 Å². The lowest BCUT2D eigenvalue weighted by molar-refractivity contribution is -0.145. The van der Waals surface area contributed by atoms with Gasteiger partial charge in [-0.15, -0.1) is 0 Å². The van der Waals surface area contributed by atoms with Crippen LogP contribution >= 0.6 is 0 Å². The van der Waals surface area contributed by atoms with Crippen molar-refractivity contribution >= 4 is 17.5 Å². The first-order valence-corrected chi connectivity index (χ1v) is 7.70. The van der Waals surface area contributed by atoms with E-state index >= 15 is 0 Å². The summed E-state index contributed by atoms with van der Waals surface area (Å²) in [6.07, 6.45) is 4.13. The summed E-state index contributed by atoms with van der Waals surface area (Å²) >= 11 is 0. The Balaban J connectivity index is 1.66. The Morgan fingerprint density at radius 2 is 1.60 bits per heavy atom. The van der Waals surface area contributed by atoms with Gasteiger partial charge >= 0.3 is 5.97 Å². The number of ether oxygens (including phenoxy) is 1. The van der Waals surface area contributed by atoms with Crippen LogP contribution in [0.2, 0.25) is 0 Å². The fraction of sp³-hybridized carbons (Fsp3) is 0.812. The molecule has 2 aliphatic rings. The van der Waals surface area contributed by atoms with Crippen LogP contribution in [0.3, 0.4) is 0 Å². The second-order valence-electron chi connectivity index (χ2n) is 6.32. The van der Waals surface area contributed by atoms with Crippen molar-refractivity contribution in [2.24, 2.45) is 23.7 Å². The molecule has 2 aliphatic carbocycles. The first kappa shape index (κ1) is 15.2. The zero-order valence-corrected chi connectivity index (χ0v) is 12.4. The van der Waals surface area contributed by atoms with Gasteiger partial charge in [-0.25, -0.2) is 0 Å². The molecule has 0 heterocycles. The average Bonchev–Trinajstić information content (AvgIpc) is 2.89. The molecule has 2 fully saturated rings. The van der Waals surface area contributed by atoms with E-state index in [9.17, 15) is 14.4 Å². The first-order chi connectivity index (χ1) is 9.49. The SMILES string of the molecule is CC1C(=O)CCC1CCOC(=O)CC1CCC(=O)C1C. The lowest BCUT2D eigenvalue weighted by Crippen LogP contribution is -2.18. The van der Waals surface area contributed by atoms with Crippen LogP contribution in [-0.2, 0) is 19.1 Å². The molecule has 0 radical (unpaired) electrons. The smallest absolute Gasteiger partial charge is 0.306 e. The fourth-order valence-corrected chi connectivity index (χ4v) is 3.41. The van der Waals surface area contributed by atoms with E-state index in [1.54, 1.807) is 0 Å². The van der Waals surface area contributed by atoms with Gasteiger partial charge in [-0.1, -0.05) is 13.8 Å². The summed E-state index contributed by atoms with van der Waals surface area (Å²) in [6.45, 7) is 4.27. The molecule has 0 N–H and O–H groups in total. The Morgan fingerprint density at radius 1 is 1.05 bits per heavy atom. The fourth-order valence-electron chi connectivity index (χ4n) is 3.41. The largest absolute Gasteiger partial charge is 0.466 e. The van der Waals surface area contributed by atoms with E-state index < -0.39 is 0 Å². The van der Waals surface area contributed by atoms with Crippen LogP contribution in [0.1, 0.15) is 52.4 Å². The summed E-state index contributed by atoms with van der Waals surface area (Å²) in [5.74, 6) is 1.02. The van der Waals surface area contributed by atoms with E-state index in [0.29, 0.717) is 37.6 Å². The second-order valence-corrected chi connectivity index (χ2v) is 6.32. The maximum Gasteiger partial charge on any atom is 0.306 e. The second kappa shape index (κ2) is 6.51. The van der Waals surface area contributed by atoms with Crippen LogP contribution in [0.25, 0.3) is 0 Å². The molecule has 4 nitrogen and oxygen atoms in total. The van der Waals surface area contributed by atoms with E-state index in [2.05, 4.69) is 0 Å². The number of hydrogen-bond donors (Lipinski definition) is 0. The molecule has 0 saturated heterocycles. The number of Topliss-reactive ketones (excluding diaryl/α,β-unsaturated/α-hetero) is 2. The van der Waals surface area contributed by atoms with Gasteiger partial charge in [0.15, 0.2) is 0 Å². The third kappa shape index (κ3) is 3.47. The maximum absolute atomic E-state index is 11.8. The molecule has 4 atom stereocenters. The molecule has 2 rings (SSSR count). The highest BCUT2D eigenvalue weighted by atomic mass is 16.5. The van der Waals surface area contributed by atoms with Gasteiger partial charge in [0.1, 0.15) is 11.6 Å². The minimum absolute atomic E-state index is 0.00461. The molecule has 0 amide bonds. The first-order valence-electron chi connectivity index (χ1n) is 7.70. The predicted molar refractivity (Wildman–Crippen MR) is 74.0 cm³/mol. The number of carbonyl (C=O) groups is 3. The van der Waals surface area contributed by atoms with Crippen molar-refractivity contribution in [3.05, 3.63) is 0 Å². The minimum atomic E-state index is -0.200. The highest BCUT2D eigenvalue weighted by molar-refractivity contribution is 5.84. The van der Waals surface area contributed by atoms with E-state index in [0.717, 1.165) is 19.3 Å². The molecule has 2 saturated carbocycles. The lowest BCUT2D eigenvalue weighted by atomic mass is 9.94. The number of ketones is 2. The van der Waals surface area contributed by atoms with Crippen LogP contribution in [0.15, 0.2) is 0 Å². The molecule has 0 spiro atoms. The van der Waals surface area contributed by atoms with Crippen LogP contribution in [-0.4, -0.2) is 24.1 Å². The van der Waals surface area contributed by atoms with Gasteiger partial charge in [0.25, 0.3) is 0 Å². The van der Waals surface area contributed by atoms with E-state index in [-0.39, 0.29) is 29.5 Å². The van der Waals surface area contributed by atoms with Gasteiger partial charge in [-0.2, -0.15) is 0 Å². The Bertz CT molecular complexity index is 401. The van der Waals surface area contributed by atoms with Gasteiger partial charge in [0, 0.05) is 31.1 Å². The Labute approximate surface area is 120 Å². The topological polar surface area (TPSA) is 60.4 Å². The maximum atomic E-state index is 11.8. The molecular weight excluding hydrogens is 256 g/mol. The summed E-state index contributed by atoms with van der Waals surface area (Å²) < 4.78 is 5.27. The quantitative estimate of drug-likeness (QED) is 0.726. The standard InChI is InChI=1S/C16H24O4/c1-10-12(3-5-14(10)17)7-8-20-16(19)9-13-4-6-15(18)11(13)2/h10-13H,3-9H2,1-2H3. The Morgan fingerprint density at radius 3 is 2.10 bits per heavy atom. The lowest BCUT2D eigenvalue weighted by Gasteiger charge is -2.16. The number of esters is 1. The molecule has 4 heteroatoms. The zero-order chi connectivity index (χ0) is 14.7. The van der Waals surface area contributed by atoms with Crippen LogP contribution < -0.4 is 0 Å². The molecule has 4 unspecified atom stereocenters. The van der Waals surface area contributed by atoms with Crippen molar-refractivity contribution in [2.75, 3.05) is 6.61 Å². The van der Waals surface area contributed by atoms with Crippen LogP contribution in [0.4, 0.5) is 0 Å². The van der Waals surface area contributed by atoms with Crippen molar-refractivity contribution in [1.82, 2.24) is 0 Å². The highest BCUT2D eigenvalue weighted by Gasteiger charge is 2.33. The van der Waals surface area contributed by atoms with Crippen molar-refractivity contribution in [3.63, 3.8) is 0 Å². The normalized spacial score (nSPS) is 33.7. The van der Waals surface area contributed by atoms with Crippen LogP contribution in [0, 0.1) is 23.7 Å². The number of carbonyl (C=O) groups excluding carboxylic acids is 3. The Hall–Kier alpha value is -1.19. The number of rotatable bonds is 5. The molecule has 0 aromatic carbocycles. The van der Waals surface area contributed by atoms with Gasteiger partial charge < -0.3 is 4.74 Å². The van der Waals surface area contributed by atoms with Crippen molar-refractivity contribution < 1.29 is 19.1 Å². The van der Waals surface area contributed by atoms with Crippen LogP contribution in [0.5, 0.6) is 0 Å². The molecule has 0 aromatic heterocycles. The third-order valence-electron chi connectivity index (χ3n) is 5.13. The van der Waals surface area contributed by atoms with E-state index in [1.807, 2.05) is 13.8 Å². The minimum Gasteiger partial charge on any atom is -0.466 e. The van der Waals surface area contributed by atoms with Crippen molar-refractivity contribution in [3.8, 4) is 0 Å². The zero-order valence-electron chi connectivity index (χ0n) is 12.4. The Kier molecular flexibility index (Phi) is 4.95. The van der Waals surface area contributed by atoms with Gasteiger partial charge in [-0.05, 0) is 31.1 Å². The molecule has 0 aliphatic heterocycles. The average molecular weight is 280 g/mol. The van der Waals surface area contributed by atoms with E-state index in [4.69, 9.17) is 4.74 Å². The number of hydrogen-bond acceptors (Lipinski definition) is 4. The van der Waals surface area contributed by atoms with Gasteiger partial charge in [-0.3, -0.25) is 14.4 Å². The van der Waals surface area contributed by atoms with Crippen molar-refractivity contribution in [2.45, 2.75) is 52.4 Å². The summed E-state index contributed by atoms with van der Waals surface area (Å²) in [6, 6.07) is 0. The summed E-state index contributed by atoms with van der Waals surface area (Å²) in [5.41, 5.74) is 0. The van der Waals surface area contributed by atoms with Gasteiger partial charge in [0.05, 0.1) is 6.61 Å². The van der Waals surface area contributed by atoms with Gasteiger partial charge in [0.2, 0.25) is 0 Å².